The zero-order chi connectivity index (χ0) is 13.1. The van der Waals surface area contributed by atoms with Crippen LogP contribution in [0.3, 0.4) is 0 Å². The largest absolute Gasteiger partial charge is 0.338 e. The Kier molecular flexibility index (Phi) is 3.46. The van der Waals surface area contributed by atoms with E-state index in [1.54, 1.807) is 0 Å². The van der Waals surface area contributed by atoms with Crippen molar-refractivity contribution >= 4 is 5.95 Å². The highest BCUT2D eigenvalue weighted by atomic mass is 15.4. The van der Waals surface area contributed by atoms with Crippen LogP contribution < -0.4 is 10.2 Å². The van der Waals surface area contributed by atoms with Crippen LogP contribution in [-0.4, -0.2) is 40.9 Å². The smallest absolute Gasteiger partial charge is 0.227 e. The molecule has 1 aliphatic heterocycles. The first-order chi connectivity index (χ1) is 9.34. The lowest BCUT2D eigenvalue weighted by Gasteiger charge is -2.27. The lowest BCUT2D eigenvalue weighted by atomic mass is 10.1. The van der Waals surface area contributed by atoms with Crippen LogP contribution >= 0.6 is 0 Å². The monoisotopic (exact) mass is 257 g/mol. The minimum atomic E-state index is 0.830. The number of nitrogens with one attached hydrogen (secondary N) is 1. The second-order valence-electron chi connectivity index (χ2n) is 4.87. The first-order valence-electron chi connectivity index (χ1n) is 6.72. The standard InChI is InChI=1S/C14H19N5/c1-18-13(11-12-5-3-2-4-6-12)16-17-14(18)19-9-7-15-8-10-19/h2-6,15H,7-11H2,1H3. The number of anilines is 1. The predicted octanol–water partition coefficient (Wildman–Crippen LogP) is 0.815. The van der Waals surface area contributed by atoms with Crippen molar-refractivity contribution in [2.75, 3.05) is 31.1 Å². The summed E-state index contributed by atoms with van der Waals surface area (Å²) in [6, 6.07) is 10.4. The maximum absolute atomic E-state index is 4.35. The molecule has 1 saturated heterocycles. The minimum absolute atomic E-state index is 0.830. The first kappa shape index (κ1) is 12.2. The lowest BCUT2D eigenvalue weighted by molar-refractivity contribution is 0.572. The van der Waals surface area contributed by atoms with Crippen LogP contribution in [0.2, 0.25) is 0 Å². The molecule has 1 aromatic carbocycles. The van der Waals surface area contributed by atoms with Gasteiger partial charge in [0.25, 0.3) is 0 Å². The van der Waals surface area contributed by atoms with Crippen LogP contribution in [0, 0.1) is 0 Å². The molecule has 5 heteroatoms. The summed E-state index contributed by atoms with van der Waals surface area (Å²) in [5.74, 6) is 1.99. The number of aromatic nitrogens is 3. The van der Waals surface area contributed by atoms with Gasteiger partial charge in [-0.15, -0.1) is 10.2 Å². The summed E-state index contributed by atoms with van der Waals surface area (Å²) in [6.07, 6.45) is 0.830. The molecule has 5 nitrogen and oxygen atoms in total. The quantitative estimate of drug-likeness (QED) is 0.884. The van der Waals surface area contributed by atoms with Gasteiger partial charge in [0.05, 0.1) is 0 Å². The van der Waals surface area contributed by atoms with Gasteiger partial charge in [0.1, 0.15) is 5.82 Å². The summed E-state index contributed by atoms with van der Waals surface area (Å²) in [5, 5.41) is 12.0. The summed E-state index contributed by atoms with van der Waals surface area (Å²) in [4.78, 5) is 2.29. The van der Waals surface area contributed by atoms with Gasteiger partial charge in [-0.1, -0.05) is 30.3 Å². The fourth-order valence-electron chi connectivity index (χ4n) is 2.42. The molecule has 0 spiro atoms. The Labute approximate surface area is 113 Å². The van der Waals surface area contributed by atoms with Gasteiger partial charge in [0.2, 0.25) is 5.95 Å². The normalized spacial score (nSPS) is 15.7. The van der Waals surface area contributed by atoms with Crippen LogP contribution in [0.5, 0.6) is 0 Å². The van der Waals surface area contributed by atoms with Crippen molar-refractivity contribution in [3.05, 3.63) is 41.7 Å². The van der Waals surface area contributed by atoms with Crippen molar-refractivity contribution in [2.24, 2.45) is 7.05 Å². The molecule has 3 rings (SSSR count). The Bertz CT molecular complexity index is 528. The number of benzene rings is 1. The molecule has 1 fully saturated rings. The Morgan fingerprint density at radius 3 is 2.58 bits per heavy atom. The zero-order valence-corrected chi connectivity index (χ0v) is 11.2. The predicted molar refractivity (Wildman–Crippen MR) is 75.3 cm³/mol. The number of hydrogen-bond acceptors (Lipinski definition) is 4. The second kappa shape index (κ2) is 5.40. The van der Waals surface area contributed by atoms with Gasteiger partial charge >= 0.3 is 0 Å². The van der Waals surface area contributed by atoms with Crippen molar-refractivity contribution in [2.45, 2.75) is 6.42 Å². The van der Waals surface area contributed by atoms with Gasteiger partial charge in [-0.05, 0) is 5.56 Å². The van der Waals surface area contributed by atoms with Crippen molar-refractivity contribution < 1.29 is 0 Å². The first-order valence-corrected chi connectivity index (χ1v) is 6.72. The van der Waals surface area contributed by atoms with Crippen LogP contribution in [0.4, 0.5) is 5.95 Å². The molecule has 0 atom stereocenters. The molecular formula is C14H19N5. The molecule has 0 amide bonds. The van der Waals surface area contributed by atoms with Gasteiger partial charge in [-0.2, -0.15) is 0 Å². The molecule has 100 valence electrons. The Morgan fingerprint density at radius 2 is 1.84 bits per heavy atom. The number of nitrogens with zero attached hydrogens (tertiary/aromatic N) is 4. The average molecular weight is 257 g/mol. The zero-order valence-electron chi connectivity index (χ0n) is 11.2. The SMILES string of the molecule is Cn1c(Cc2ccccc2)nnc1N1CCNCC1. The molecule has 1 aliphatic rings. The third-order valence-corrected chi connectivity index (χ3v) is 3.55. The summed E-state index contributed by atoms with van der Waals surface area (Å²) < 4.78 is 2.11. The van der Waals surface area contributed by atoms with Crippen LogP contribution in [0.15, 0.2) is 30.3 Å². The number of hydrogen-bond donors (Lipinski definition) is 1. The van der Waals surface area contributed by atoms with E-state index in [0.29, 0.717) is 0 Å². The lowest BCUT2D eigenvalue weighted by Crippen LogP contribution is -2.44. The van der Waals surface area contributed by atoms with E-state index >= 15 is 0 Å². The Morgan fingerprint density at radius 1 is 1.11 bits per heavy atom. The maximum atomic E-state index is 4.35. The van der Waals surface area contributed by atoms with E-state index in [1.165, 1.54) is 5.56 Å². The Hall–Kier alpha value is -1.88. The third kappa shape index (κ3) is 2.61. The van der Waals surface area contributed by atoms with Crippen molar-refractivity contribution in [3.8, 4) is 0 Å². The van der Waals surface area contributed by atoms with Crippen LogP contribution in [0.25, 0.3) is 0 Å². The molecule has 1 N–H and O–H groups in total. The molecular weight excluding hydrogens is 238 g/mol. The molecule has 0 radical (unpaired) electrons. The van der Waals surface area contributed by atoms with E-state index in [2.05, 4.69) is 56.3 Å². The highest BCUT2D eigenvalue weighted by molar-refractivity contribution is 5.33. The molecule has 0 bridgehead atoms. The summed E-state index contributed by atoms with van der Waals surface area (Å²) in [6.45, 7) is 4.02. The van der Waals surface area contributed by atoms with Gasteiger partial charge in [-0.25, -0.2) is 0 Å². The molecule has 2 heterocycles. The van der Waals surface area contributed by atoms with Gasteiger partial charge in [0, 0.05) is 39.6 Å². The van der Waals surface area contributed by atoms with Crippen molar-refractivity contribution in [1.29, 1.82) is 0 Å². The molecule has 1 aromatic heterocycles. The number of rotatable bonds is 3. The minimum Gasteiger partial charge on any atom is -0.338 e. The number of piperazine rings is 1. The molecule has 0 unspecified atom stereocenters. The molecule has 0 saturated carbocycles. The fourth-order valence-corrected chi connectivity index (χ4v) is 2.42. The molecule has 2 aromatic rings. The van der Waals surface area contributed by atoms with E-state index in [-0.39, 0.29) is 0 Å². The van der Waals surface area contributed by atoms with E-state index in [4.69, 9.17) is 0 Å². The van der Waals surface area contributed by atoms with E-state index in [0.717, 1.165) is 44.4 Å². The highest BCUT2D eigenvalue weighted by Crippen LogP contribution is 2.14. The molecule has 19 heavy (non-hydrogen) atoms. The Balaban J connectivity index is 1.78. The summed E-state index contributed by atoms with van der Waals surface area (Å²) >= 11 is 0. The van der Waals surface area contributed by atoms with E-state index in [9.17, 15) is 0 Å². The second-order valence-corrected chi connectivity index (χ2v) is 4.87. The van der Waals surface area contributed by atoms with E-state index < -0.39 is 0 Å². The summed E-state index contributed by atoms with van der Waals surface area (Å²) in [7, 11) is 2.05. The van der Waals surface area contributed by atoms with Crippen LogP contribution in [0.1, 0.15) is 11.4 Å². The van der Waals surface area contributed by atoms with Gasteiger partial charge < -0.3 is 14.8 Å². The highest BCUT2D eigenvalue weighted by Gasteiger charge is 2.17. The van der Waals surface area contributed by atoms with Gasteiger partial charge in [-0.3, -0.25) is 0 Å². The van der Waals surface area contributed by atoms with Crippen molar-refractivity contribution in [1.82, 2.24) is 20.1 Å². The maximum Gasteiger partial charge on any atom is 0.227 e. The van der Waals surface area contributed by atoms with Crippen LogP contribution in [-0.2, 0) is 13.5 Å². The topological polar surface area (TPSA) is 46.0 Å². The van der Waals surface area contributed by atoms with Gasteiger partial charge in [0.15, 0.2) is 0 Å². The molecule has 0 aliphatic carbocycles. The average Bonchev–Trinajstić information content (AvgIpc) is 2.82. The van der Waals surface area contributed by atoms with E-state index in [1.807, 2.05) is 6.07 Å². The summed E-state index contributed by atoms with van der Waals surface area (Å²) in [5.41, 5.74) is 1.27. The third-order valence-electron chi connectivity index (χ3n) is 3.55. The van der Waals surface area contributed by atoms with Crippen molar-refractivity contribution in [3.63, 3.8) is 0 Å². The fraction of sp³-hybridized carbons (Fsp3) is 0.429.